The lowest BCUT2D eigenvalue weighted by Crippen LogP contribution is -1.93. The van der Waals surface area contributed by atoms with Gasteiger partial charge in [0.1, 0.15) is 6.29 Å². The maximum absolute atomic E-state index is 10.6. The van der Waals surface area contributed by atoms with Crippen molar-refractivity contribution in [3.8, 4) is 0 Å². The highest BCUT2D eigenvalue weighted by atomic mass is 16.1. The van der Waals surface area contributed by atoms with Crippen molar-refractivity contribution in [2.75, 3.05) is 0 Å². The Bertz CT molecular complexity index is 397. The van der Waals surface area contributed by atoms with Crippen LogP contribution in [0.5, 0.6) is 0 Å². The normalized spacial score (nSPS) is 13.0. The summed E-state index contributed by atoms with van der Waals surface area (Å²) in [6.45, 7) is 1.89. The van der Waals surface area contributed by atoms with Crippen LogP contribution >= 0.6 is 0 Å². The van der Waals surface area contributed by atoms with Gasteiger partial charge in [-0.15, -0.1) is 0 Å². The molecule has 0 amide bonds. The summed E-state index contributed by atoms with van der Waals surface area (Å²) in [5.74, 6) is -0.0487. The standard InChI is InChI=1S/C11H11NO/c1-8(7-13)11-6-9-4-2-3-5-10(9)12-11/h2-8,12H,1H3. The number of hydrogen-bond acceptors (Lipinski definition) is 1. The number of benzene rings is 1. The van der Waals surface area contributed by atoms with Crippen molar-refractivity contribution < 1.29 is 4.79 Å². The van der Waals surface area contributed by atoms with Gasteiger partial charge in [-0.05, 0) is 17.5 Å². The topological polar surface area (TPSA) is 32.9 Å². The molecule has 1 atom stereocenters. The summed E-state index contributed by atoms with van der Waals surface area (Å²) in [5, 5.41) is 1.16. The molecule has 2 nitrogen and oxygen atoms in total. The Hall–Kier alpha value is -1.57. The fourth-order valence-corrected chi connectivity index (χ4v) is 1.41. The van der Waals surface area contributed by atoms with Gasteiger partial charge >= 0.3 is 0 Å². The molecule has 0 aliphatic carbocycles. The molecule has 0 spiro atoms. The maximum atomic E-state index is 10.6. The monoisotopic (exact) mass is 173 g/mol. The first-order chi connectivity index (χ1) is 6.31. The number of carbonyl (C=O) groups excluding carboxylic acids is 1. The molecule has 0 saturated heterocycles. The number of aromatic amines is 1. The number of rotatable bonds is 2. The number of aldehydes is 1. The van der Waals surface area contributed by atoms with Crippen LogP contribution in [0.1, 0.15) is 18.5 Å². The molecular formula is C11H11NO. The Kier molecular flexibility index (Phi) is 1.89. The number of nitrogens with one attached hydrogen (secondary N) is 1. The van der Waals surface area contributed by atoms with E-state index in [1.807, 2.05) is 37.3 Å². The predicted octanol–water partition coefficient (Wildman–Crippen LogP) is 2.47. The van der Waals surface area contributed by atoms with Gasteiger partial charge in [0.05, 0.1) is 5.92 Å². The second kappa shape index (κ2) is 3.05. The number of hydrogen-bond donors (Lipinski definition) is 1. The quantitative estimate of drug-likeness (QED) is 0.695. The molecule has 0 bridgehead atoms. The Balaban J connectivity index is 2.55. The smallest absolute Gasteiger partial charge is 0.128 e. The lowest BCUT2D eigenvalue weighted by atomic mass is 10.1. The van der Waals surface area contributed by atoms with E-state index in [-0.39, 0.29) is 5.92 Å². The third kappa shape index (κ3) is 1.35. The van der Waals surface area contributed by atoms with E-state index in [4.69, 9.17) is 0 Å². The average molecular weight is 173 g/mol. The first-order valence-corrected chi connectivity index (χ1v) is 4.34. The molecule has 13 heavy (non-hydrogen) atoms. The van der Waals surface area contributed by atoms with Gasteiger partial charge in [0.15, 0.2) is 0 Å². The number of para-hydroxylation sites is 1. The minimum absolute atomic E-state index is 0.0487. The fraction of sp³-hybridized carbons (Fsp3) is 0.182. The average Bonchev–Trinajstić information content (AvgIpc) is 2.59. The molecule has 0 aliphatic rings. The Labute approximate surface area is 76.6 Å². The van der Waals surface area contributed by atoms with Crippen LogP contribution in [0.15, 0.2) is 30.3 Å². The zero-order valence-electron chi connectivity index (χ0n) is 7.45. The fourth-order valence-electron chi connectivity index (χ4n) is 1.41. The molecular weight excluding hydrogens is 162 g/mol. The summed E-state index contributed by atoms with van der Waals surface area (Å²) in [6.07, 6.45) is 0.949. The SMILES string of the molecule is CC(C=O)c1cc2ccccc2[nH]1. The van der Waals surface area contributed by atoms with Crippen LogP contribution in [0.2, 0.25) is 0 Å². The Morgan fingerprint density at radius 2 is 2.15 bits per heavy atom. The summed E-state index contributed by atoms with van der Waals surface area (Å²) in [5.41, 5.74) is 2.07. The summed E-state index contributed by atoms with van der Waals surface area (Å²) >= 11 is 0. The Morgan fingerprint density at radius 1 is 1.38 bits per heavy atom. The van der Waals surface area contributed by atoms with Crippen LogP contribution in [0.3, 0.4) is 0 Å². The molecule has 0 fully saturated rings. The van der Waals surface area contributed by atoms with Gasteiger partial charge in [-0.3, -0.25) is 0 Å². The van der Waals surface area contributed by atoms with Crippen LogP contribution < -0.4 is 0 Å². The van der Waals surface area contributed by atoms with E-state index < -0.39 is 0 Å². The molecule has 1 unspecified atom stereocenters. The van der Waals surface area contributed by atoms with E-state index >= 15 is 0 Å². The van der Waals surface area contributed by atoms with E-state index in [0.29, 0.717) is 0 Å². The third-order valence-corrected chi connectivity index (χ3v) is 2.25. The predicted molar refractivity (Wildman–Crippen MR) is 52.8 cm³/mol. The molecule has 2 rings (SSSR count). The van der Waals surface area contributed by atoms with E-state index in [9.17, 15) is 4.79 Å². The largest absolute Gasteiger partial charge is 0.358 e. The number of aromatic nitrogens is 1. The molecule has 0 saturated carbocycles. The molecule has 66 valence electrons. The van der Waals surface area contributed by atoms with Crippen molar-refractivity contribution in [3.05, 3.63) is 36.0 Å². The molecule has 0 aliphatic heterocycles. The highest BCUT2D eigenvalue weighted by molar-refractivity contribution is 5.81. The van der Waals surface area contributed by atoms with Crippen molar-refractivity contribution in [2.45, 2.75) is 12.8 Å². The van der Waals surface area contributed by atoms with Crippen LogP contribution in [-0.2, 0) is 4.79 Å². The summed E-state index contributed by atoms with van der Waals surface area (Å²) in [7, 11) is 0. The number of fused-ring (bicyclic) bond motifs is 1. The van der Waals surface area contributed by atoms with Crippen LogP contribution in [0.4, 0.5) is 0 Å². The van der Waals surface area contributed by atoms with Gasteiger partial charge in [0.25, 0.3) is 0 Å². The second-order valence-electron chi connectivity index (χ2n) is 3.24. The van der Waals surface area contributed by atoms with E-state index in [1.165, 1.54) is 0 Å². The number of H-pyrrole nitrogens is 1. The van der Waals surface area contributed by atoms with Crippen molar-refractivity contribution in [1.29, 1.82) is 0 Å². The van der Waals surface area contributed by atoms with E-state index in [1.54, 1.807) is 0 Å². The Morgan fingerprint density at radius 3 is 2.85 bits per heavy atom. The highest BCUT2D eigenvalue weighted by Crippen LogP contribution is 2.19. The zero-order chi connectivity index (χ0) is 9.26. The molecule has 1 aromatic heterocycles. The van der Waals surface area contributed by atoms with Crippen molar-refractivity contribution >= 4 is 17.2 Å². The first-order valence-electron chi connectivity index (χ1n) is 4.34. The van der Waals surface area contributed by atoms with Crippen LogP contribution in [0.25, 0.3) is 10.9 Å². The molecule has 0 radical (unpaired) electrons. The third-order valence-electron chi connectivity index (χ3n) is 2.25. The van der Waals surface area contributed by atoms with Crippen molar-refractivity contribution in [3.63, 3.8) is 0 Å². The van der Waals surface area contributed by atoms with Crippen molar-refractivity contribution in [1.82, 2.24) is 4.98 Å². The minimum atomic E-state index is -0.0487. The van der Waals surface area contributed by atoms with Gasteiger partial charge in [0, 0.05) is 11.2 Å². The van der Waals surface area contributed by atoms with E-state index in [2.05, 4.69) is 4.98 Å². The van der Waals surface area contributed by atoms with Gasteiger partial charge in [-0.2, -0.15) is 0 Å². The van der Waals surface area contributed by atoms with Crippen molar-refractivity contribution in [2.24, 2.45) is 0 Å². The van der Waals surface area contributed by atoms with Gasteiger partial charge in [0.2, 0.25) is 0 Å². The molecule has 1 heterocycles. The zero-order valence-corrected chi connectivity index (χ0v) is 7.45. The van der Waals surface area contributed by atoms with E-state index in [0.717, 1.165) is 22.9 Å². The summed E-state index contributed by atoms with van der Waals surface area (Å²) in [4.78, 5) is 13.8. The molecule has 2 aromatic rings. The molecule has 1 aromatic carbocycles. The lowest BCUT2D eigenvalue weighted by Gasteiger charge is -1.96. The highest BCUT2D eigenvalue weighted by Gasteiger charge is 2.06. The van der Waals surface area contributed by atoms with Gasteiger partial charge in [-0.25, -0.2) is 0 Å². The summed E-state index contributed by atoms with van der Waals surface area (Å²) in [6, 6.07) is 10.0. The maximum Gasteiger partial charge on any atom is 0.128 e. The second-order valence-corrected chi connectivity index (χ2v) is 3.24. The molecule has 2 heteroatoms. The van der Waals surface area contributed by atoms with Crippen LogP contribution in [-0.4, -0.2) is 11.3 Å². The first kappa shape index (κ1) is 8.05. The van der Waals surface area contributed by atoms with Gasteiger partial charge in [-0.1, -0.05) is 25.1 Å². The summed E-state index contributed by atoms with van der Waals surface area (Å²) < 4.78 is 0. The number of carbonyl (C=O) groups is 1. The van der Waals surface area contributed by atoms with Crippen LogP contribution in [0, 0.1) is 0 Å². The molecule has 1 N–H and O–H groups in total. The minimum Gasteiger partial charge on any atom is -0.358 e. The lowest BCUT2D eigenvalue weighted by molar-refractivity contribution is -0.108. The van der Waals surface area contributed by atoms with Gasteiger partial charge < -0.3 is 9.78 Å².